The van der Waals surface area contributed by atoms with Crippen molar-refractivity contribution < 1.29 is 136 Å². The number of fused-ring (bicyclic) bond motifs is 1. The number of phosphoric ester groups is 1. The van der Waals surface area contributed by atoms with Gasteiger partial charge in [-0.05, 0) is 0 Å². The third-order valence-corrected chi connectivity index (χ3v) is 5.64. The summed E-state index contributed by atoms with van der Waals surface area (Å²) >= 11 is 0. The number of hydrogen-bond acceptors (Lipinski definition) is 13. The molecule has 0 saturated carbocycles. The van der Waals surface area contributed by atoms with Crippen LogP contribution in [-0.2, 0) is 22.7 Å². The fourth-order valence-electron chi connectivity index (χ4n) is 2.46. The summed E-state index contributed by atoms with van der Waals surface area (Å²) in [4.78, 5) is 53.6. The molecule has 0 aromatic carbocycles. The molecule has 2 aromatic heterocycles. The number of phosphoric acid groups is 2. The second kappa shape index (κ2) is 12.3. The topological polar surface area (TPSA) is 235 Å². The number of aromatic nitrogens is 4. The van der Waals surface area contributed by atoms with E-state index in [1.165, 1.54) is 0 Å². The number of aliphatic hydroxyl groups excluding tert-OH is 2. The van der Waals surface area contributed by atoms with Crippen molar-refractivity contribution in [1.29, 1.82) is 0 Å². The number of hydrogen-bond donors (Lipinski definition) is 3. The first-order valence-corrected chi connectivity index (χ1v) is 10.0. The number of aromatic amines is 1. The van der Waals surface area contributed by atoms with Crippen molar-refractivity contribution in [2.75, 3.05) is 6.61 Å². The van der Waals surface area contributed by atoms with Crippen molar-refractivity contribution in [3.63, 3.8) is 0 Å². The molecule has 5 atom stereocenters. The first kappa shape index (κ1) is 31.5. The molecule has 3 N–H and O–H groups in total. The van der Waals surface area contributed by atoms with Gasteiger partial charge < -0.3 is 43.7 Å². The summed E-state index contributed by atoms with van der Waals surface area (Å²) in [6.07, 6.45) is -3.84. The van der Waals surface area contributed by atoms with Crippen LogP contribution >= 0.6 is 15.6 Å². The Hall–Kier alpha value is 1.49. The molecule has 0 amide bonds. The van der Waals surface area contributed by atoms with E-state index in [1.807, 2.05) is 0 Å². The van der Waals surface area contributed by atoms with Gasteiger partial charge in [-0.15, -0.1) is 0 Å². The third-order valence-electron chi connectivity index (χ3n) is 3.57. The first-order chi connectivity index (χ1) is 12.5. The minimum Gasteiger partial charge on any atom is -0.790 e. The zero-order valence-electron chi connectivity index (χ0n) is 16.0. The molecule has 1 aliphatic rings. The number of nitrogens with one attached hydrogen (secondary N) is 1. The minimum absolute atomic E-state index is 0. The van der Waals surface area contributed by atoms with Crippen molar-refractivity contribution in [3.05, 3.63) is 23.0 Å². The largest absolute Gasteiger partial charge is 1.00 e. The summed E-state index contributed by atoms with van der Waals surface area (Å²) in [6.45, 7) is -0.962. The zero-order chi connectivity index (χ0) is 20.0. The first-order valence-electron chi connectivity index (χ1n) is 7.09. The fourth-order valence-corrected chi connectivity index (χ4v) is 3.95. The Morgan fingerprint density at radius 3 is 2.40 bits per heavy atom. The summed E-state index contributed by atoms with van der Waals surface area (Å²) in [5.74, 6) is 0. The number of nitrogens with zero attached hydrogens (tertiary/aromatic N) is 3. The van der Waals surface area contributed by atoms with E-state index in [1.54, 1.807) is 0 Å². The Balaban J connectivity index is 0.00000280. The van der Waals surface area contributed by atoms with Gasteiger partial charge in [0.25, 0.3) is 13.4 Å². The molecule has 20 heteroatoms. The molecule has 0 radical (unpaired) electrons. The quantitative estimate of drug-likeness (QED) is 0.250. The SMILES string of the molecule is O=c1[nH]cnc2c1ncn2[C@@H]1O[C@H](COP(=O)([O-])OP(=O)([O-])[O-])[C@H](O)C1O.[Na+].[Na+].[Na+]. The Bertz CT molecular complexity index is 999. The second-order valence-electron chi connectivity index (χ2n) is 5.37. The summed E-state index contributed by atoms with van der Waals surface area (Å²) < 4.78 is 35.5. The summed E-state index contributed by atoms with van der Waals surface area (Å²) in [5.41, 5.74) is -0.606. The predicted molar refractivity (Wildman–Crippen MR) is 76.3 cm³/mol. The molecular formula is C10H11N4Na3O11P2. The van der Waals surface area contributed by atoms with Crippen LogP contribution < -0.4 is 109 Å². The molecule has 15 nitrogen and oxygen atoms in total. The normalized spacial score (nSPS) is 25.6. The van der Waals surface area contributed by atoms with Crippen LogP contribution in [0.15, 0.2) is 17.4 Å². The van der Waals surface area contributed by atoms with Crippen LogP contribution in [-0.4, -0.2) is 54.7 Å². The van der Waals surface area contributed by atoms with Crippen LogP contribution in [0.1, 0.15) is 6.23 Å². The monoisotopic (exact) mass is 494 g/mol. The Morgan fingerprint density at radius 2 is 1.80 bits per heavy atom. The van der Waals surface area contributed by atoms with Gasteiger partial charge in [0, 0.05) is 0 Å². The van der Waals surface area contributed by atoms with E-state index in [2.05, 4.69) is 23.8 Å². The molecule has 3 heterocycles. The van der Waals surface area contributed by atoms with Crippen LogP contribution in [0.2, 0.25) is 0 Å². The van der Waals surface area contributed by atoms with Gasteiger partial charge in [0.15, 0.2) is 17.4 Å². The molecule has 1 saturated heterocycles. The zero-order valence-corrected chi connectivity index (χ0v) is 23.8. The molecule has 2 unspecified atom stereocenters. The van der Waals surface area contributed by atoms with E-state index in [4.69, 9.17) is 4.74 Å². The van der Waals surface area contributed by atoms with E-state index in [0.717, 1.165) is 17.2 Å². The Kier molecular flexibility index (Phi) is 12.9. The maximum Gasteiger partial charge on any atom is 1.00 e. The molecule has 0 bridgehead atoms. The van der Waals surface area contributed by atoms with E-state index in [-0.39, 0.29) is 99.8 Å². The van der Waals surface area contributed by atoms with Crippen molar-refractivity contribution >= 4 is 26.8 Å². The van der Waals surface area contributed by atoms with E-state index >= 15 is 0 Å². The Morgan fingerprint density at radius 1 is 1.17 bits per heavy atom. The predicted octanol–water partition coefficient (Wildman–Crippen LogP) is -12.9. The second-order valence-corrected chi connectivity index (χ2v) is 8.07. The van der Waals surface area contributed by atoms with E-state index in [0.29, 0.717) is 0 Å². The average molecular weight is 494 g/mol. The van der Waals surface area contributed by atoms with Gasteiger partial charge in [-0.3, -0.25) is 18.2 Å². The molecule has 0 spiro atoms. The Labute approximate surface area is 234 Å². The molecular weight excluding hydrogens is 483 g/mol. The third kappa shape index (κ3) is 7.50. The van der Waals surface area contributed by atoms with Gasteiger partial charge in [-0.1, -0.05) is 0 Å². The molecule has 0 aliphatic carbocycles. The molecule has 1 aliphatic heterocycles. The van der Waals surface area contributed by atoms with Gasteiger partial charge in [0.05, 0.1) is 27.1 Å². The van der Waals surface area contributed by atoms with Crippen molar-refractivity contribution in [2.24, 2.45) is 0 Å². The van der Waals surface area contributed by atoms with Gasteiger partial charge >= 0.3 is 88.7 Å². The molecule has 30 heavy (non-hydrogen) atoms. The minimum atomic E-state index is -5.87. The van der Waals surface area contributed by atoms with Crippen molar-refractivity contribution in [3.8, 4) is 0 Å². The maximum atomic E-state index is 11.6. The van der Waals surface area contributed by atoms with Gasteiger partial charge in [0.2, 0.25) is 0 Å². The number of aliphatic hydroxyl groups is 2. The summed E-state index contributed by atoms with van der Waals surface area (Å²) in [5, 5.41) is 20.1. The molecule has 1 fully saturated rings. The average Bonchev–Trinajstić information content (AvgIpc) is 3.07. The van der Waals surface area contributed by atoms with E-state index < -0.39 is 52.4 Å². The van der Waals surface area contributed by atoms with Gasteiger partial charge in [-0.25, -0.2) is 9.97 Å². The van der Waals surface area contributed by atoms with Crippen LogP contribution in [0, 0.1) is 0 Å². The number of imidazole rings is 1. The fraction of sp³-hybridized carbons (Fsp3) is 0.500. The maximum absolute atomic E-state index is 11.6. The molecule has 2 aromatic rings. The number of ether oxygens (including phenoxy) is 1. The number of H-pyrrole nitrogens is 1. The van der Waals surface area contributed by atoms with Crippen LogP contribution in [0.5, 0.6) is 0 Å². The summed E-state index contributed by atoms with van der Waals surface area (Å²) in [6, 6.07) is 0. The van der Waals surface area contributed by atoms with Crippen molar-refractivity contribution in [1.82, 2.24) is 19.5 Å². The number of rotatable bonds is 6. The van der Waals surface area contributed by atoms with Crippen molar-refractivity contribution in [2.45, 2.75) is 24.5 Å². The van der Waals surface area contributed by atoms with Crippen LogP contribution in [0.3, 0.4) is 0 Å². The van der Waals surface area contributed by atoms with Gasteiger partial charge in [0.1, 0.15) is 18.3 Å². The molecule has 3 rings (SSSR count). The van der Waals surface area contributed by atoms with E-state index in [9.17, 15) is 38.8 Å². The summed E-state index contributed by atoms with van der Waals surface area (Å²) in [7, 11) is -11.4. The molecule has 150 valence electrons. The van der Waals surface area contributed by atoms with Crippen LogP contribution in [0.25, 0.3) is 11.2 Å². The standard InChI is InChI=1S/C10H14N4O11P2.3Na/c15-6-4(1-23-27(21,22)25-26(18,19)20)24-10(7(6)16)14-3-13-5-8(14)11-2-12-9(5)17;;;/h2-4,6-7,10,15-16H,1H2,(H,21,22)(H,11,12,17)(H2,18,19,20);;;/q;3*+1/p-3/t4-,6+,7?,10-;;;/m1.../s1. The smallest absolute Gasteiger partial charge is 0.790 e. The van der Waals surface area contributed by atoms with Gasteiger partial charge in [-0.2, -0.15) is 0 Å². The van der Waals surface area contributed by atoms with Crippen LogP contribution in [0.4, 0.5) is 0 Å².